The van der Waals surface area contributed by atoms with Crippen molar-refractivity contribution < 1.29 is 23.8 Å². The smallest absolute Gasteiger partial charge is 0.303 e. The van der Waals surface area contributed by atoms with Gasteiger partial charge in [0.15, 0.2) is 0 Å². The van der Waals surface area contributed by atoms with Gasteiger partial charge in [-0.1, -0.05) is 12.1 Å². The number of nitrogens with zero attached hydrogens (tertiary/aromatic N) is 2. The minimum absolute atomic E-state index is 0.0358. The van der Waals surface area contributed by atoms with Gasteiger partial charge in [0, 0.05) is 24.5 Å². The van der Waals surface area contributed by atoms with Crippen LogP contribution in [0, 0.1) is 11.8 Å². The summed E-state index contributed by atoms with van der Waals surface area (Å²) in [6, 6.07) is 15.4. The van der Waals surface area contributed by atoms with Gasteiger partial charge >= 0.3 is 5.97 Å². The number of hydrogen-bond acceptors (Lipinski definition) is 5. The third kappa shape index (κ3) is 7.19. The molecule has 0 amide bonds. The van der Waals surface area contributed by atoms with E-state index in [0.717, 1.165) is 55.5 Å². The molecule has 0 unspecified atom stereocenters. The second kappa shape index (κ2) is 12.9. The van der Waals surface area contributed by atoms with Gasteiger partial charge in [-0.25, -0.2) is 4.39 Å². The maximum absolute atomic E-state index is 15.5. The van der Waals surface area contributed by atoms with Crippen molar-refractivity contribution in [1.82, 2.24) is 9.88 Å². The Morgan fingerprint density at radius 2 is 1.86 bits per heavy atom. The molecule has 37 heavy (non-hydrogen) atoms. The Labute approximate surface area is 218 Å². The van der Waals surface area contributed by atoms with E-state index in [1.807, 2.05) is 30.3 Å². The summed E-state index contributed by atoms with van der Waals surface area (Å²) in [5, 5.41) is 10.3. The highest BCUT2D eigenvalue weighted by Crippen LogP contribution is 2.36. The summed E-state index contributed by atoms with van der Waals surface area (Å²) in [4.78, 5) is 18.3. The molecule has 1 N–H and O–H groups in total. The first kappa shape index (κ1) is 26.9. The van der Waals surface area contributed by atoms with Gasteiger partial charge in [0.1, 0.15) is 17.7 Å². The molecule has 0 radical (unpaired) electrons. The fraction of sp³-hybridized carbons (Fsp3) is 0.467. The second-order valence-electron chi connectivity index (χ2n) is 9.99. The molecule has 7 heteroatoms. The molecular formula is C30H37FN2O4. The molecule has 1 aliphatic heterocycles. The minimum atomic E-state index is -1.13. The maximum Gasteiger partial charge on any atom is 0.303 e. The van der Waals surface area contributed by atoms with E-state index in [9.17, 15) is 9.90 Å². The number of alkyl halides is 1. The summed E-state index contributed by atoms with van der Waals surface area (Å²) in [6.45, 7) is 2.62. The van der Waals surface area contributed by atoms with Crippen molar-refractivity contribution in [2.45, 2.75) is 44.7 Å². The zero-order valence-corrected chi connectivity index (χ0v) is 21.7. The first-order valence-electron chi connectivity index (χ1n) is 13.1. The first-order chi connectivity index (χ1) is 18.0. The quantitative estimate of drug-likeness (QED) is 0.319. The number of rotatable bonds is 12. The van der Waals surface area contributed by atoms with Gasteiger partial charge in [0.05, 0.1) is 19.7 Å². The van der Waals surface area contributed by atoms with Gasteiger partial charge in [-0.05, 0) is 105 Å². The zero-order chi connectivity index (χ0) is 26.2. The summed E-state index contributed by atoms with van der Waals surface area (Å²) in [6.07, 6.45) is 4.58. The number of carboxylic acids is 1. The Hall–Kier alpha value is -3.19. The number of ether oxygens (including phenoxy) is 2. The van der Waals surface area contributed by atoms with Crippen LogP contribution >= 0.6 is 0 Å². The van der Waals surface area contributed by atoms with Crippen LogP contribution < -0.4 is 9.47 Å². The number of aryl methyl sites for hydroxylation is 1. The Kier molecular flexibility index (Phi) is 9.34. The van der Waals surface area contributed by atoms with Gasteiger partial charge < -0.3 is 19.5 Å². The van der Waals surface area contributed by atoms with Crippen molar-refractivity contribution in [3.63, 3.8) is 0 Å². The molecule has 0 aliphatic carbocycles. The fourth-order valence-electron chi connectivity index (χ4n) is 5.56. The van der Waals surface area contributed by atoms with Crippen molar-refractivity contribution in [2.24, 2.45) is 11.8 Å². The third-order valence-electron chi connectivity index (χ3n) is 7.62. The van der Waals surface area contributed by atoms with Gasteiger partial charge in [-0.15, -0.1) is 0 Å². The topological polar surface area (TPSA) is 71.9 Å². The zero-order valence-electron chi connectivity index (χ0n) is 21.7. The number of carbonyl (C=O) groups is 1. The normalized spacial score (nSPS) is 19.0. The fourth-order valence-corrected chi connectivity index (χ4v) is 5.56. The number of benzene rings is 2. The Bertz CT molecular complexity index is 1170. The van der Waals surface area contributed by atoms with Crippen molar-refractivity contribution in [1.29, 1.82) is 0 Å². The molecule has 3 aromatic rings. The summed E-state index contributed by atoms with van der Waals surface area (Å²) >= 11 is 0. The Morgan fingerprint density at radius 3 is 2.59 bits per heavy atom. The number of likely N-dealkylation sites (tertiary alicyclic amines) is 1. The average molecular weight is 509 g/mol. The Morgan fingerprint density at radius 1 is 1.11 bits per heavy atom. The van der Waals surface area contributed by atoms with Gasteiger partial charge in [0.25, 0.3) is 0 Å². The van der Waals surface area contributed by atoms with Crippen LogP contribution in [0.5, 0.6) is 11.5 Å². The molecule has 4 rings (SSSR count). The molecule has 1 aromatic heterocycles. The lowest BCUT2D eigenvalue weighted by Crippen LogP contribution is -2.42. The van der Waals surface area contributed by atoms with Crippen molar-refractivity contribution in [3.05, 3.63) is 65.9 Å². The second-order valence-corrected chi connectivity index (χ2v) is 9.99. The molecular weight excluding hydrogens is 471 g/mol. The van der Waals surface area contributed by atoms with Gasteiger partial charge in [-0.2, -0.15) is 0 Å². The molecule has 0 saturated carbocycles. The summed E-state index contributed by atoms with van der Waals surface area (Å²) in [7, 11) is 3.26. The van der Waals surface area contributed by atoms with Crippen molar-refractivity contribution >= 4 is 16.9 Å². The van der Waals surface area contributed by atoms with Crippen molar-refractivity contribution in [2.75, 3.05) is 33.9 Å². The molecule has 0 bridgehead atoms. The average Bonchev–Trinajstić information content (AvgIpc) is 2.91. The largest absolute Gasteiger partial charge is 0.497 e. The van der Waals surface area contributed by atoms with Crippen LogP contribution in [0.3, 0.4) is 0 Å². The van der Waals surface area contributed by atoms with E-state index in [-0.39, 0.29) is 18.3 Å². The number of pyridine rings is 1. The van der Waals surface area contributed by atoms with Crippen LogP contribution in [-0.2, 0) is 11.2 Å². The van der Waals surface area contributed by atoms with Crippen LogP contribution in [-0.4, -0.2) is 54.8 Å². The molecule has 1 fully saturated rings. The number of fused-ring (bicyclic) bond motifs is 1. The minimum Gasteiger partial charge on any atom is -0.497 e. The number of piperidine rings is 1. The van der Waals surface area contributed by atoms with Crippen LogP contribution in [0.4, 0.5) is 4.39 Å². The van der Waals surface area contributed by atoms with E-state index in [1.54, 1.807) is 26.5 Å². The lowest BCUT2D eigenvalue weighted by molar-refractivity contribution is -0.139. The van der Waals surface area contributed by atoms with E-state index in [4.69, 9.17) is 9.47 Å². The summed E-state index contributed by atoms with van der Waals surface area (Å²) in [5.41, 5.74) is 2.63. The SMILES string of the molecule is COc1ccc(CCCN2CC[C@@H](CC[C@@H](F)c3ccnc4ccc(OC)cc34)[C@@H](CC(=O)O)C2)cc1. The van der Waals surface area contributed by atoms with Crippen LogP contribution in [0.1, 0.15) is 49.4 Å². The molecule has 2 aromatic carbocycles. The molecule has 1 saturated heterocycles. The summed E-state index contributed by atoms with van der Waals surface area (Å²) < 4.78 is 26.0. The predicted octanol–water partition coefficient (Wildman–Crippen LogP) is 6.09. The predicted molar refractivity (Wildman–Crippen MR) is 143 cm³/mol. The standard InChI is InChI=1S/C30H37FN2O4/c1-36-24-8-5-21(6-9-24)4-3-16-33-17-14-22(23(20-33)18-30(34)35)7-11-28(31)26-13-15-32-29-12-10-25(37-2)19-27(26)29/h5-6,8-10,12-13,15,19,22-23,28H,3-4,7,11,14,16-18,20H2,1-2H3,(H,34,35)/t22-,23+,28-/m1/s1. The molecule has 1 aliphatic rings. The van der Waals surface area contributed by atoms with Gasteiger partial charge in [0.2, 0.25) is 0 Å². The van der Waals surface area contributed by atoms with E-state index in [2.05, 4.69) is 22.0 Å². The van der Waals surface area contributed by atoms with E-state index < -0.39 is 12.1 Å². The van der Waals surface area contributed by atoms with E-state index in [0.29, 0.717) is 24.2 Å². The molecule has 6 nitrogen and oxygen atoms in total. The van der Waals surface area contributed by atoms with Crippen LogP contribution in [0.25, 0.3) is 10.9 Å². The molecule has 0 spiro atoms. The lowest BCUT2D eigenvalue weighted by Gasteiger charge is -2.38. The highest BCUT2D eigenvalue weighted by molar-refractivity contribution is 5.83. The lowest BCUT2D eigenvalue weighted by atomic mass is 9.79. The van der Waals surface area contributed by atoms with Gasteiger partial charge in [-0.3, -0.25) is 9.78 Å². The highest BCUT2D eigenvalue weighted by atomic mass is 19.1. The van der Waals surface area contributed by atoms with E-state index in [1.165, 1.54) is 5.56 Å². The number of hydrogen-bond donors (Lipinski definition) is 1. The molecule has 3 atom stereocenters. The number of methoxy groups -OCH3 is 2. The number of halogens is 1. The first-order valence-corrected chi connectivity index (χ1v) is 13.1. The number of aromatic nitrogens is 1. The Balaban J connectivity index is 1.33. The van der Waals surface area contributed by atoms with Crippen molar-refractivity contribution in [3.8, 4) is 11.5 Å². The molecule has 198 valence electrons. The summed E-state index contributed by atoms with van der Waals surface area (Å²) in [5.74, 6) is 0.993. The monoisotopic (exact) mass is 508 g/mol. The maximum atomic E-state index is 15.5. The number of carboxylic acid groups (broad SMARTS) is 1. The molecule has 2 heterocycles. The number of aliphatic carboxylic acids is 1. The van der Waals surface area contributed by atoms with Crippen LogP contribution in [0.15, 0.2) is 54.7 Å². The highest BCUT2D eigenvalue weighted by Gasteiger charge is 2.31. The van der Waals surface area contributed by atoms with E-state index >= 15 is 4.39 Å². The third-order valence-corrected chi connectivity index (χ3v) is 7.62. The van der Waals surface area contributed by atoms with Crippen LogP contribution in [0.2, 0.25) is 0 Å².